The number of aryl methyl sites for hydroxylation is 1. The molecule has 0 aliphatic carbocycles. The molecule has 0 radical (unpaired) electrons. The number of nitrogens with one attached hydrogen (secondary N) is 1. The molecule has 3 N–H and O–H groups in total. The van der Waals surface area contributed by atoms with Crippen molar-refractivity contribution in [3.63, 3.8) is 0 Å². The van der Waals surface area contributed by atoms with Crippen LogP contribution in [0.2, 0.25) is 0 Å². The summed E-state index contributed by atoms with van der Waals surface area (Å²) >= 11 is 0. The molecule has 1 atom stereocenters. The number of nitrogens with zero attached hydrogens (tertiary/aromatic N) is 2. The van der Waals surface area contributed by atoms with Crippen LogP contribution in [0.4, 0.5) is 5.82 Å². The van der Waals surface area contributed by atoms with Crippen LogP contribution in [0.5, 0.6) is 0 Å². The van der Waals surface area contributed by atoms with E-state index in [1.165, 1.54) is 0 Å². The summed E-state index contributed by atoms with van der Waals surface area (Å²) in [4.78, 5) is 20.5. The van der Waals surface area contributed by atoms with Crippen molar-refractivity contribution in [1.82, 2.24) is 9.97 Å². The Hall–Kier alpha value is -2.17. The lowest BCUT2D eigenvalue weighted by atomic mass is 10.0. The Balaban J connectivity index is 2.49. The zero-order chi connectivity index (χ0) is 14.7. The van der Waals surface area contributed by atoms with Crippen molar-refractivity contribution in [3.05, 3.63) is 30.1 Å². The van der Waals surface area contributed by atoms with Crippen molar-refractivity contribution in [2.75, 3.05) is 5.32 Å². The van der Waals surface area contributed by atoms with Crippen LogP contribution >= 0.6 is 0 Å². The largest absolute Gasteiger partial charge is 0.368 e. The highest BCUT2D eigenvalue weighted by atomic mass is 16.1. The van der Waals surface area contributed by atoms with Gasteiger partial charge in [0, 0.05) is 11.8 Å². The summed E-state index contributed by atoms with van der Waals surface area (Å²) in [6, 6.07) is 7.30. The van der Waals surface area contributed by atoms with Crippen LogP contribution in [0.1, 0.15) is 26.6 Å². The summed E-state index contributed by atoms with van der Waals surface area (Å²) in [5.41, 5.74) is 6.32. The lowest BCUT2D eigenvalue weighted by Crippen LogP contribution is -2.39. The van der Waals surface area contributed by atoms with Gasteiger partial charge < -0.3 is 11.1 Å². The Morgan fingerprint density at radius 2 is 2.00 bits per heavy atom. The highest BCUT2D eigenvalue weighted by Crippen LogP contribution is 2.22. The third-order valence-electron chi connectivity index (χ3n) is 3.23. The molecule has 20 heavy (non-hydrogen) atoms. The number of amides is 1. The summed E-state index contributed by atoms with van der Waals surface area (Å²) in [5, 5.41) is 4.07. The fraction of sp³-hybridized carbons (Fsp3) is 0.400. The Labute approximate surface area is 118 Å². The van der Waals surface area contributed by atoms with E-state index < -0.39 is 6.04 Å². The number of anilines is 1. The number of primary amides is 1. The third-order valence-corrected chi connectivity index (χ3v) is 3.23. The summed E-state index contributed by atoms with van der Waals surface area (Å²) in [6.07, 6.45) is 0.739. The topological polar surface area (TPSA) is 80.9 Å². The van der Waals surface area contributed by atoms with Crippen LogP contribution < -0.4 is 11.1 Å². The standard InChI is InChI=1S/C15H20N4O/c1-4-12-17-11-8-6-5-7-10(11)15(18-12)19-13(9(2)3)14(16)20/h5-9,13H,4H2,1-3H3,(H2,16,20)(H,17,18,19). The Morgan fingerprint density at radius 3 is 2.60 bits per heavy atom. The molecule has 1 unspecified atom stereocenters. The van der Waals surface area contributed by atoms with Crippen molar-refractivity contribution < 1.29 is 4.79 Å². The highest BCUT2D eigenvalue weighted by molar-refractivity contribution is 5.91. The van der Waals surface area contributed by atoms with E-state index in [0.717, 1.165) is 23.1 Å². The second-order valence-electron chi connectivity index (χ2n) is 5.13. The minimum absolute atomic E-state index is 0.0892. The van der Waals surface area contributed by atoms with Gasteiger partial charge in [0.1, 0.15) is 17.7 Å². The average molecular weight is 272 g/mol. The number of hydrogen-bond donors (Lipinski definition) is 2. The van der Waals surface area contributed by atoms with Crippen molar-refractivity contribution in [3.8, 4) is 0 Å². The van der Waals surface area contributed by atoms with E-state index in [1.807, 2.05) is 45.0 Å². The highest BCUT2D eigenvalue weighted by Gasteiger charge is 2.21. The predicted molar refractivity (Wildman–Crippen MR) is 80.4 cm³/mol. The molecule has 0 bridgehead atoms. The van der Waals surface area contributed by atoms with Crippen LogP contribution in [-0.4, -0.2) is 21.9 Å². The zero-order valence-electron chi connectivity index (χ0n) is 12.1. The summed E-state index contributed by atoms with van der Waals surface area (Å²) in [6.45, 7) is 5.90. The van der Waals surface area contributed by atoms with Gasteiger partial charge in [-0.05, 0) is 18.1 Å². The zero-order valence-corrected chi connectivity index (χ0v) is 12.1. The molecule has 1 aromatic heterocycles. The first-order chi connectivity index (χ1) is 9.52. The van der Waals surface area contributed by atoms with Crippen LogP contribution in [0.3, 0.4) is 0 Å². The van der Waals surface area contributed by atoms with Crippen molar-refractivity contribution in [1.29, 1.82) is 0 Å². The van der Waals surface area contributed by atoms with E-state index in [9.17, 15) is 4.79 Å². The number of carbonyl (C=O) groups excluding carboxylic acids is 1. The minimum Gasteiger partial charge on any atom is -0.368 e. The lowest BCUT2D eigenvalue weighted by Gasteiger charge is -2.20. The molecular formula is C15H20N4O. The van der Waals surface area contributed by atoms with E-state index in [2.05, 4.69) is 15.3 Å². The number of aromatic nitrogens is 2. The van der Waals surface area contributed by atoms with Gasteiger partial charge in [0.15, 0.2) is 0 Å². The van der Waals surface area contributed by atoms with Gasteiger partial charge in [0.25, 0.3) is 0 Å². The fourth-order valence-corrected chi connectivity index (χ4v) is 2.11. The van der Waals surface area contributed by atoms with Crippen molar-refractivity contribution in [2.45, 2.75) is 33.2 Å². The molecule has 0 aliphatic heterocycles. The molecule has 2 aromatic rings. The minimum atomic E-state index is -0.446. The Bertz CT molecular complexity index is 624. The average Bonchev–Trinajstić information content (AvgIpc) is 2.43. The normalized spacial score (nSPS) is 12.6. The quantitative estimate of drug-likeness (QED) is 0.873. The molecule has 0 aliphatic rings. The summed E-state index contributed by atoms with van der Waals surface area (Å²) in [5.74, 6) is 1.13. The maximum atomic E-state index is 11.6. The maximum Gasteiger partial charge on any atom is 0.240 e. The molecule has 1 aromatic carbocycles. The molecule has 0 saturated heterocycles. The number of nitrogens with two attached hydrogens (primary N) is 1. The predicted octanol–water partition coefficient (Wildman–Crippen LogP) is 2.11. The van der Waals surface area contributed by atoms with Gasteiger partial charge in [-0.25, -0.2) is 9.97 Å². The molecule has 0 fully saturated rings. The van der Waals surface area contributed by atoms with Crippen molar-refractivity contribution in [2.24, 2.45) is 11.7 Å². The molecule has 5 heteroatoms. The first-order valence-electron chi connectivity index (χ1n) is 6.84. The Kier molecular flexibility index (Phi) is 4.17. The van der Waals surface area contributed by atoms with Crippen LogP contribution in [0, 0.1) is 5.92 Å². The fourth-order valence-electron chi connectivity index (χ4n) is 2.11. The number of para-hydroxylation sites is 1. The molecule has 1 heterocycles. The number of benzene rings is 1. The SMILES string of the molecule is CCc1nc(NC(C(N)=O)C(C)C)c2ccccc2n1. The van der Waals surface area contributed by atoms with E-state index >= 15 is 0 Å². The van der Waals surface area contributed by atoms with Crippen LogP contribution in [0.25, 0.3) is 10.9 Å². The molecular weight excluding hydrogens is 252 g/mol. The van der Waals surface area contributed by atoms with Crippen LogP contribution in [0.15, 0.2) is 24.3 Å². The number of fused-ring (bicyclic) bond motifs is 1. The van der Waals surface area contributed by atoms with Gasteiger partial charge in [-0.1, -0.05) is 32.9 Å². The Morgan fingerprint density at radius 1 is 1.30 bits per heavy atom. The van der Waals surface area contributed by atoms with E-state index in [1.54, 1.807) is 0 Å². The number of hydrogen-bond acceptors (Lipinski definition) is 4. The van der Waals surface area contributed by atoms with E-state index in [0.29, 0.717) is 5.82 Å². The second-order valence-corrected chi connectivity index (χ2v) is 5.13. The van der Waals surface area contributed by atoms with Gasteiger partial charge in [0.05, 0.1) is 5.52 Å². The summed E-state index contributed by atoms with van der Waals surface area (Å²) in [7, 11) is 0. The number of rotatable bonds is 5. The molecule has 5 nitrogen and oxygen atoms in total. The lowest BCUT2D eigenvalue weighted by molar-refractivity contribution is -0.119. The second kappa shape index (κ2) is 5.86. The van der Waals surface area contributed by atoms with E-state index in [4.69, 9.17) is 5.73 Å². The smallest absolute Gasteiger partial charge is 0.240 e. The molecule has 1 amide bonds. The van der Waals surface area contributed by atoms with Gasteiger partial charge in [-0.2, -0.15) is 0 Å². The molecule has 0 spiro atoms. The van der Waals surface area contributed by atoms with Gasteiger partial charge in [-0.3, -0.25) is 4.79 Å². The molecule has 0 saturated carbocycles. The number of carbonyl (C=O) groups is 1. The summed E-state index contributed by atoms with van der Waals surface area (Å²) < 4.78 is 0. The maximum absolute atomic E-state index is 11.6. The van der Waals surface area contributed by atoms with Gasteiger partial charge in [-0.15, -0.1) is 0 Å². The first kappa shape index (κ1) is 14.2. The van der Waals surface area contributed by atoms with Gasteiger partial charge >= 0.3 is 0 Å². The van der Waals surface area contributed by atoms with Gasteiger partial charge in [0.2, 0.25) is 5.91 Å². The molecule has 106 valence electrons. The van der Waals surface area contributed by atoms with E-state index in [-0.39, 0.29) is 11.8 Å². The van der Waals surface area contributed by atoms with Crippen molar-refractivity contribution >= 4 is 22.6 Å². The first-order valence-corrected chi connectivity index (χ1v) is 6.84. The monoisotopic (exact) mass is 272 g/mol. The third kappa shape index (κ3) is 2.87. The molecule has 2 rings (SSSR count). The van der Waals surface area contributed by atoms with Crippen LogP contribution in [-0.2, 0) is 11.2 Å².